The number of hydrogen-bond donors (Lipinski definition) is 1. The Balaban J connectivity index is 1.71. The number of amides is 1. The van der Waals surface area contributed by atoms with E-state index in [1.54, 1.807) is 6.07 Å². The first-order valence-corrected chi connectivity index (χ1v) is 7.90. The molecule has 5 nitrogen and oxygen atoms in total. The molecule has 1 saturated heterocycles. The number of carbonyl (C=O) groups excluding carboxylic acids is 1. The molecule has 2 aromatic carbocycles. The van der Waals surface area contributed by atoms with Gasteiger partial charge in [-0.05, 0) is 29.8 Å². The summed E-state index contributed by atoms with van der Waals surface area (Å²) < 4.78 is 5.97. The van der Waals surface area contributed by atoms with E-state index in [0.29, 0.717) is 25.1 Å². The number of hydrogen-bond acceptors (Lipinski definition) is 4. The summed E-state index contributed by atoms with van der Waals surface area (Å²) >= 11 is 0. The highest BCUT2D eigenvalue weighted by Crippen LogP contribution is 2.24. The molecule has 0 unspecified atom stereocenters. The lowest BCUT2D eigenvalue weighted by atomic mass is 10.1. The Kier molecular flexibility index (Phi) is 4.78. The van der Waals surface area contributed by atoms with Gasteiger partial charge in [-0.3, -0.25) is 9.69 Å². The Labute approximate surface area is 141 Å². The number of rotatable bonds is 5. The van der Waals surface area contributed by atoms with E-state index in [9.17, 15) is 4.79 Å². The number of nitrogens with zero attached hydrogens (tertiary/aromatic N) is 2. The van der Waals surface area contributed by atoms with Crippen LogP contribution in [0.4, 0.5) is 0 Å². The zero-order valence-electron chi connectivity index (χ0n) is 13.3. The van der Waals surface area contributed by atoms with Crippen LogP contribution >= 0.6 is 0 Å². The molecular weight excluding hydrogens is 302 g/mol. The molecule has 2 N–H and O–H groups in total. The third kappa shape index (κ3) is 3.73. The van der Waals surface area contributed by atoms with E-state index >= 15 is 0 Å². The summed E-state index contributed by atoms with van der Waals surface area (Å²) in [6.45, 7) is 1.19. The standard InChI is InChI=1S/C19H19N3O2/c20-11-14-5-4-6-15(9-14)12-22-13-17(10-18(22)19(21)23)24-16-7-2-1-3-8-16/h1-9,17-18H,10,12-13H2,(H2,21,23)/t17-,18-/m0/s1. The number of benzene rings is 2. The number of carbonyl (C=O) groups is 1. The molecule has 0 bridgehead atoms. The van der Waals surface area contributed by atoms with E-state index in [0.717, 1.165) is 11.3 Å². The molecule has 1 fully saturated rings. The topological polar surface area (TPSA) is 79.3 Å². The monoisotopic (exact) mass is 321 g/mol. The van der Waals surface area contributed by atoms with Gasteiger partial charge in [0.25, 0.3) is 0 Å². The maximum atomic E-state index is 11.8. The second-order valence-corrected chi connectivity index (χ2v) is 5.95. The molecule has 0 aliphatic carbocycles. The Bertz CT molecular complexity index is 755. The minimum absolute atomic E-state index is 0.0796. The molecule has 122 valence electrons. The third-order valence-electron chi connectivity index (χ3n) is 4.18. The molecule has 3 rings (SSSR count). The second-order valence-electron chi connectivity index (χ2n) is 5.95. The molecule has 1 aliphatic heterocycles. The van der Waals surface area contributed by atoms with Crippen molar-refractivity contribution in [2.45, 2.75) is 25.1 Å². The Hall–Kier alpha value is -2.84. The van der Waals surface area contributed by atoms with Gasteiger partial charge >= 0.3 is 0 Å². The summed E-state index contributed by atoms with van der Waals surface area (Å²) in [5.41, 5.74) is 7.16. The van der Waals surface area contributed by atoms with Crippen LogP contribution in [0.3, 0.4) is 0 Å². The Morgan fingerprint density at radius 2 is 2.04 bits per heavy atom. The molecule has 0 aromatic heterocycles. The van der Waals surface area contributed by atoms with Gasteiger partial charge < -0.3 is 10.5 Å². The van der Waals surface area contributed by atoms with Crippen LogP contribution in [0, 0.1) is 11.3 Å². The van der Waals surface area contributed by atoms with Crippen LogP contribution in [0.5, 0.6) is 5.75 Å². The van der Waals surface area contributed by atoms with Crippen molar-refractivity contribution in [2.24, 2.45) is 5.73 Å². The second kappa shape index (κ2) is 7.16. The fraction of sp³-hybridized carbons (Fsp3) is 0.263. The number of primary amides is 1. The number of para-hydroxylation sites is 1. The summed E-state index contributed by atoms with van der Waals surface area (Å²) in [4.78, 5) is 13.8. The Morgan fingerprint density at radius 1 is 1.25 bits per heavy atom. The molecule has 0 spiro atoms. The van der Waals surface area contributed by atoms with Crippen LogP contribution in [0.1, 0.15) is 17.5 Å². The summed E-state index contributed by atoms with van der Waals surface area (Å²) in [7, 11) is 0. The van der Waals surface area contributed by atoms with Crippen LogP contribution in [-0.2, 0) is 11.3 Å². The largest absolute Gasteiger partial charge is 0.489 e. The van der Waals surface area contributed by atoms with Crippen LogP contribution in [-0.4, -0.2) is 29.5 Å². The van der Waals surface area contributed by atoms with Gasteiger partial charge in [0, 0.05) is 19.5 Å². The van der Waals surface area contributed by atoms with Crippen molar-refractivity contribution in [3.63, 3.8) is 0 Å². The van der Waals surface area contributed by atoms with Crippen molar-refractivity contribution < 1.29 is 9.53 Å². The molecule has 1 amide bonds. The van der Waals surface area contributed by atoms with E-state index in [1.165, 1.54) is 0 Å². The van der Waals surface area contributed by atoms with Crippen molar-refractivity contribution in [2.75, 3.05) is 6.54 Å². The van der Waals surface area contributed by atoms with Gasteiger partial charge in [0.15, 0.2) is 0 Å². The molecular formula is C19H19N3O2. The summed E-state index contributed by atoms with van der Waals surface area (Å²) in [6.07, 6.45) is 0.492. The molecule has 1 aliphatic rings. The summed E-state index contributed by atoms with van der Waals surface area (Å²) in [5, 5.41) is 9.01. The van der Waals surface area contributed by atoms with Crippen molar-refractivity contribution in [3.05, 3.63) is 65.7 Å². The smallest absolute Gasteiger partial charge is 0.234 e. The summed E-state index contributed by atoms with van der Waals surface area (Å²) in [5.74, 6) is 0.449. The zero-order chi connectivity index (χ0) is 16.9. The molecule has 24 heavy (non-hydrogen) atoms. The van der Waals surface area contributed by atoms with E-state index in [4.69, 9.17) is 15.7 Å². The lowest BCUT2D eigenvalue weighted by Gasteiger charge is -2.21. The Morgan fingerprint density at radius 3 is 2.75 bits per heavy atom. The zero-order valence-corrected chi connectivity index (χ0v) is 13.3. The van der Waals surface area contributed by atoms with Crippen LogP contribution in [0.25, 0.3) is 0 Å². The van der Waals surface area contributed by atoms with Gasteiger partial charge in [-0.15, -0.1) is 0 Å². The first kappa shape index (κ1) is 16.0. The quantitative estimate of drug-likeness (QED) is 0.914. The van der Waals surface area contributed by atoms with E-state index in [-0.39, 0.29) is 18.1 Å². The van der Waals surface area contributed by atoms with Gasteiger partial charge in [-0.2, -0.15) is 5.26 Å². The first-order valence-electron chi connectivity index (χ1n) is 7.90. The predicted octanol–water partition coefficient (Wildman–Crippen LogP) is 2.07. The summed E-state index contributed by atoms with van der Waals surface area (Å²) in [6, 6.07) is 18.7. The van der Waals surface area contributed by atoms with Gasteiger partial charge in [-0.1, -0.05) is 30.3 Å². The molecule has 5 heteroatoms. The predicted molar refractivity (Wildman–Crippen MR) is 90.0 cm³/mol. The van der Waals surface area contributed by atoms with Crippen LogP contribution < -0.4 is 10.5 Å². The van der Waals surface area contributed by atoms with E-state index < -0.39 is 0 Å². The fourth-order valence-corrected chi connectivity index (χ4v) is 3.08. The normalized spacial score (nSPS) is 20.5. The number of ether oxygens (including phenoxy) is 1. The molecule has 0 radical (unpaired) electrons. The third-order valence-corrected chi connectivity index (χ3v) is 4.18. The van der Waals surface area contributed by atoms with Crippen molar-refractivity contribution >= 4 is 5.91 Å². The average molecular weight is 321 g/mol. The van der Waals surface area contributed by atoms with Crippen molar-refractivity contribution in [1.29, 1.82) is 5.26 Å². The highest BCUT2D eigenvalue weighted by molar-refractivity contribution is 5.80. The minimum atomic E-state index is -0.357. The minimum Gasteiger partial charge on any atom is -0.489 e. The molecule has 0 saturated carbocycles. The molecule has 2 aromatic rings. The van der Waals surface area contributed by atoms with Crippen molar-refractivity contribution in [3.8, 4) is 11.8 Å². The number of likely N-dealkylation sites (tertiary alicyclic amines) is 1. The lowest BCUT2D eigenvalue weighted by Crippen LogP contribution is -2.39. The van der Waals surface area contributed by atoms with Crippen LogP contribution in [0.2, 0.25) is 0 Å². The van der Waals surface area contributed by atoms with Gasteiger partial charge in [0.05, 0.1) is 17.7 Å². The van der Waals surface area contributed by atoms with Gasteiger partial charge in [0.2, 0.25) is 5.91 Å². The number of nitrogens with two attached hydrogens (primary N) is 1. The van der Waals surface area contributed by atoms with E-state index in [2.05, 4.69) is 6.07 Å². The molecule has 2 atom stereocenters. The average Bonchev–Trinajstić information content (AvgIpc) is 2.98. The first-order chi connectivity index (χ1) is 11.7. The molecule has 1 heterocycles. The number of nitriles is 1. The van der Waals surface area contributed by atoms with Gasteiger partial charge in [0.1, 0.15) is 11.9 Å². The maximum Gasteiger partial charge on any atom is 0.234 e. The SMILES string of the molecule is N#Cc1cccc(CN2C[C@@H](Oc3ccccc3)C[C@H]2C(N)=O)c1. The van der Waals surface area contributed by atoms with Crippen molar-refractivity contribution in [1.82, 2.24) is 4.90 Å². The van der Waals surface area contributed by atoms with Crippen LogP contribution in [0.15, 0.2) is 54.6 Å². The van der Waals surface area contributed by atoms with Gasteiger partial charge in [-0.25, -0.2) is 0 Å². The highest BCUT2D eigenvalue weighted by atomic mass is 16.5. The fourth-order valence-electron chi connectivity index (χ4n) is 3.08. The highest BCUT2D eigenvalue weighted by Gasteiger charge is 2.36. The lowest BCUT2D eigenvalue weighted by molar-refractivity contribution is -0.122. The maximum absolute atomic E-state index is 11.8. The van der Waals surface area contributed by atoms with E-state index in [1.807, 2.05) is 53.4 Å².